The molecule has 0 saturated carbocycles. The molecule has 0 aromatic heterocycles. The van der Waals surface area contributed by atoms with Crippen LogP contribution in [0.2, 0.25) is 0 Å². The van der Waals surface area contributed by atoms with Crippen LogP contribution >= 0.6 is 11.6 Å². The number of ketones is 1. The zero-order chi connectivity index (χ0) is 14.6. The summed E-state index contributed by atoms with van der Waals surface area (Å²) in [6.45, 7) is -1.78. The first-order valence-electron chi connectivity index (χ1n) is 5.25. The molecular formula is C12H11ClF2O4. The lowest BCUT2D eigenvalue weighted by molar-refractivity contribution is -0.136. The van der Waals surface area contributed by atoms with Crippen LogP contribution in [0.1, 0.15) is 23.4 Å². The first-order valence-corrected chi connectivity index (χ1v) is 5.69. The largest absolute Gasteiger partial charge is 0.481 e. The molecule has 1 unspecified atom stereocenters. The van der Waals surface area contributed by atoms with E-state index >= 15 is 0 Å². The molecular weight excluding hydrogens is 282 g/mol. The van der Waals surface area contributed by atoms with E-state index in [2.05, 4.69) is 4.74 Å². The lowest BCUT2D eigenvalue weighted by Gasteiger charge is -2.14. The topological polar surface area (TPSA) is 63.6 Å². The number of alkyl halides is 3. The minimum atomic E-state index is -3.01. The van der Waals surface area contributed by atoms with Crippen molar-refractivity contribution in [2.75, 3.05) is 0 Å². The van der Waals surface area contributed by atoms with E-state index in [0.717, 1.165) is 6.07 Å². The van der Waals surface area contributed by atoms with Gasteiger partial charge in [-0.3, -0.25) is 9.59 Å². The molecule has 0 aliphatic heterocycles. The molecule has 19 heavy (non-hydrogen) atoms. The molecule has 1 N–H and O–H groups in total. The van der Waals surface area contributed by atoms with Gasteiger partial charge in [-0.05, 0) is 30.2 Å². The Balaban J connectivity index is 3.17. The van der Waals surface area contributed by atoms with Crippen LogP contribution < -0.4 is 4.74 Å². The molecule has 4 nitrogen and oxygen atoms in total. The lowest BCUT2D eigenvalue weighted by atomic mass is 9.99. The van der Waals surface area contributed by atoms with Gasteiger partial charge >= 0.3 is 12.6 Å². The molecule has 0 heterocycles. The fourth-order valence-corrected chi connectivity index (χ4v) is 1.73. The number of hydrogen-bond acceptors (Lipinski definition) is 3. The summed E-state index contributed by atoms with van der Waals surface area (Å²) in [7, 11) is 0. The van der Waals surface area contributed by atoms with Crippen LogP contribution in [0.25, 0.3) is 0 Å². The van der Waals surface area contributed by atoms with Crippen LogP contribution in [0.3, 0.4) is 0 Å². The molecule has 0 fully saturated rings. The predicted octanol–water partition coefficient (Wildman–Crippen LogP) is 2.78. The number of carbonyl (C=O) groups is 2. The summed E-state index contributed by atoms with van der Waals surface area (Å²) in [4.78, 5) is 21.9. The van der Waals surface area contributed by atoms with E-state index in [0.29, 0.717) is 0 Å². The molecule has 0 spiro atoms. The summed E-state index contributed by atoms with van der Waals surface area (Å²) in [6.07, 6.45) is -0.360. The fourth-order valence-electron chi connectivity index (χ4n) is 1.53. The number of ether oxygens (including phenoxy) is 1. The quantitative estimate of drug-likeness (QED) is 0.819. The van der Waals surface area contributed by atoms with Crippen molar-refractivity contribution < 1.29 is 28.2 Å². The van der Waals surface area contributed by atoms with Gasteiger partial charge in [0.2, 0.25) is 0 Å². The van der Waals surface area contributed by atoms with E-state index < -0.39 is 23.7 Å². The second-order valence-corrected chi connectivity index (χ2v) is 4.22. The highest BCUT2D eigenvalue weighted by molar-refractivity contribution is 6.31. The predicted molar refractivity (Wildman–Crippen MR) is 63.7 cm³/mol. The number of Topliss-reactive ketones (excluding diaryl/α,β-unsaturated/α-hetero) is 1. The van der Waals surface area contributed by atoms with Crippen molar-refractivity contribution in [3.8, 4) is 5.75 Å². The van der Waals surface area contributed by atoms with E-state index in [-0.39, 0.29) is 23.3 Å². The molecule has 0 bridgehead atoms. The first kappa shape index (κ1) is 15.4. The molecule has 104 valence electrons. The molecule has 0 aliphatic rings. The highest BCUT2D eigenvalue weighted by Crippen LogP contribution is 2.29. The van der Waals surface area contributed by atoms with Gasteiger partial charge in [-0.1, -0.05) is 6.07 Å². The maximum atomic E-state index is 12.1. The molecule has 0 aliphatic carbocycles. The molecule has 0 saturated heterocycles. The van der Waals surface area contributed by atoms with Crippen molar-refractivity contribution in [2.24, 2.45) is 0 Å². The second kappa shape index (κ2) is 6.47. The lowest BCUT2D eigenvalue weighted by Crippen LogP contribution is -2.10. The molecule has 0 amide bonds. The molecule has 1 aromatic rings. The first-order chi connectivity index (χ1) is 8.81. The third kappa shape index (κ3) is 4.48. The Morgan fingerprint density at radius 2 is 2.05 bits per heavy atom. The summed E-state index contributed by atoms with van der Waals surface area (Å²) in [6, 6.07) is 3.67. The number of carboxylic acids is 1. The normalized spacial score (nSPS) is 12.3. The summed E-state index contributed by atoms with van der Waals surface area (Å²) in [5, 5.41) is 7.65. The van der Waals surface area contributed by atoms with Crippen LogP contribution in [0.15, 0.2) is 18.2 Å². The van der Waals surface area contributed by atoms with Crippen LogP contribution in [0.5, 0.6) is 5.75 Å². The summed E-state index contributed by atoms with van der Waals surface area (Å²) < 4.78 is 28.4. The summed E-state index contributed by atoms with van der Waals surface area (Å²) in [5.74, 6) is -1.70. The van der Waals surface area contributed by atoms with Gasteiger partial charge in [0.1, 0.15) is 11.1 Å². The fraction of sp³-hybridized carbons (Fsp3) is 0.333. The Hall–Kier alpha value is -1.69. The van der Waals surface area contributed by atoms with Gasteiger partial charge in [0.15, 0.2) is 5.78 Å². The number of carbonyl (C=O) groups excluding carboxylic acids is 1. The van der Waals surface area contributed by atoms with Gasteiger partial charge in [0.25, 0.3) is 0 Å². The average Bonchev–Trinajstić information content (AvgIpc) is 2.28. The van der Waals surface area contributed by atoms with Crippen molar-refractivity contribution in [2.45, 2.75) is 25.3 Å². The summed E-state index contributed by atoms with van der Waals surface area (Å²) >= 11 is 5.85. The summed E-state index contributed by atoms with van der Waals surface area (Å²) in [5.41, 5.74) is 0.444. The van der Waals surface area contributed by atoms with Gasteiger partial charge in [0.05, 0.1) is 6.42 Å². The van der Waals surface area contributed by atoms with Gasteiger partial charge in [-0.2, -0.15) is 8.78 Å². The molecule has 1 aromatic carbocycles. The minimum absolute atomic E-state index is 0.162. The van der Waals surface area contributed by atoms with Crippen LogP contribution in [-0.4, -0.2) is 23.5 Å². The Kier molecular flexibility index (Phi) is 5.23. The smallest absolute Gasteiger partial charge is 0.387 e. The van der Waals surface area contributed by atoms with Crippen molar-refractivity contribution in [1.29, 1.82) is 0 Å². The number of aliphatic carboxylic acids is 1. The molecule has 7 heteroatoms. The van der Waals surface area contributed by atoms with E-state index in [1.165, 1.54) is 19.1 Å². The molecule has 1 atom stereocenters. The average molecular weight is 293 g/mol. The standard InChI is InChI=1S/C12H11ClF2O4/c1-6(16)11(13)9-5-8(19-12(14)15)3-2-7(9)4-10(17)18/h2-3,5,11-12H,4H2,1H3,(H,17,18). The Morgan fingerprint density at radius 1 is 1.42 bits per heavy atom. The van der Waals surface area contributed by atoms with Crippen LogP contribution in [-0.2, 0) is 16.0 Å². The third-order valence-electron chi connectivity index (χ3n) is 2.31. The SMILES string of the molecule is CC(=O)C(Cl)c1cc(OC(F)F)ccc1CC(=O)O. The van der Waals surface area contributed by atoms with Gasteiger partial charge in [0, 0.05) is 0 Å². The van der Waals surface area contributed by atoms with E-state index in [9.17, 15) is 18.4 Å². The Morgan fingerprint density at radius 3 is 2.53 bits per heavy atom. The number of rotatable bonds is 6. The number of carboxylic acid groups (broad SMARTS) is 1. The van der Waals surface area contributed by atoms with Gasteiger partial charge in [-0.15, -0.1) is 11.6 Å². The van der Waals surface area contributed by atoms with Crippen molar-refractivity contribution in [3.05, 3.63) is 29.3 Å². The maximum Gasteiger partial charge on any atom is 0.387 e. The highest BCUT2D eigenvalue weighted by Gasteiger charge is 2.20. The Bertz CT molecular complexity index is 491. The zero-order valence-electron chi connectivity index (χ0n) is 9.90. The highest BCUT2D eigenvalue weighted by atomic mass is 35.5. The van der Waals surface area contributed by atoms with Crippen molar-refractivity contribution in [1.82, 2.24) is 0 Å². The third-order valence-corrected chi connectivity index (χ3v) is 2.86. The Labute approximate surface area is 112 Å². The number of benzene rings is 1. The number of halogens is 3. The zero-order valence-corrected chi connectivity index (χ0v) is 10.7. The number of hydrogen-bond donors (Lipinski definition) is 1. The van der Waals surface area contributed by atoms with Gasteiger partial charge in [-0.25, -0.2) is 0 Å². The molecule has 1 rings (SSSR count). The second-order valence-electron chi connectivity index (χ2n) is 3.78. The minimum Gasteiger partial charge on any atom is -0.481 e. The van der Waals surface area contributed by atoms with E-state index in [1.54, 1.807) is 0 Å². The van der Waals surface area contributed by atoms with Crippen LogP contribution in [0.4, 0.5) is 8.78 Å². The maximum absolute atomic E-state index is 12.1. The van der Waals surface area contributed by atoms with Crippen LogP contribution in [0, 0.1) is 0 Å². The van der Waals surface area contributed by atoms with Crippen molar-refractivity contribution in [3.63, 3.8) is 0 Å². The van der Waals surface area contributed by atoms with E-state index in [4.69, 9.17) is 16.7 Å². The molecule has 0 radical (unpaired) electrons. The van der Waals surface area contributed by atoms with E-state index in [1.807, 2.05) is 0 Å². The van der Waals surface area contributed by atoms with Crippen molar-refractivity contribution >= 4 is 23.4 Å². The van der Waals surface area contributed by atoms with Gasteiger partial charge < -0.3 is 9.84 Å². The monoisotopic (exact) mass is 292 g/mol.